The van der Waals surface area contributed by atoms with Crippen LogP contribution in [0.15, 0.2) is 182 Å². The molecule has 0 saturated carbocycles. The molecule has 184 valence electrons. The Hall–Kier alpha value is -3.37. The zero-order chi connectivity index (χ0) is 25.8. The fraction of sp³-hybridized carbons (Fsp3) is 0. The summed E-state index contributed by atoms with van der Waals surface area (Å²) in [5.41, 5.74) is 7.50. The Morgan fingerprint density at radius 3 is 0.462 bits per heavy atom. The van der Waals surface area contributed by atoms with E-state index in [1.165, 1.54) is 45.2 Å². The van der Waals surface area contributed by atoms with Crippen LogP contribution in [0.5, 0.6) is 0 Å². The largest absolute Gasteiger partial charge is 2.00 e. The van der Waals surface area contributed by atoms with E-state index in [1.54, 1.807) is 0 Å². The normalized spacial score (nSPS) is 9.85. The van der Waals surface area contributed by atoms with Gasteiger partial charge in [0, 0.05) is 0 Å². The van der Waals surface area contributed by atoms with Crippen molar-refractivity contribution in [3.8, 4) is 0 Å². The van der Waals surface area contributed by atoms with Gasteiger partial charge in [-0.1, -0.05) is 227 Å². The molecule has 0 unspecified atom stereocenters. The Morgan fingerprint density at radius 1 is 0.205 bits per heavy atom. The van der Waals surface area contributed by atoms with Crippen molar-refractivity contribution >= 4 is 48.9 Å². The van der Waals surface area contributed by atoms with Crippen LogP contribution in [0.3, 0.4) is 0 Å². The van der Waals surface area contributed by atoms with Gasteiger partial charge in [-0.3, -0.25) is 0 Å². The summed E-state index contributed by atoms with van der Waals surface area (Å²) in [6.07, 6.45) is 0. The Bertz CT molecular complexity index is 1160. The van der Waals surface area contributed by atoms with E-state index >= 15 is 0 Å². The number of benzene rings is 6. The molecule has 0 aromatic heterocycles. The number of rotatable bonds is 6. The molecule has 6 rings (SSSR count). The van der Waals surface area contributed by atoms with Crippen molar-refractivity contribution in [2.24, 2.45) is 0 Å². The first-order valence-corrected chi connectivity index (χ1v) is 13.0. The molecule has 0 atom stereocenters. The maximum Gasteiger partial charge on any atom is 2.00 e. The van der Waals surface area contributed by atoms with E-state index in [1.807, 2.05) is 0 Å². The molecule has 0 aliphatic carbocycles. The zero-order valence-electron chi connectivity index (χ0n) is 22.0. The van der Waals surface area contributed by atoms with Crippen molar-refractivity contribution in [2.45, 2.75) is 0 Å². The second-order valence-electron chi connectivity index (χ2n) is 8.95. The average molecular weight is 624 g/mol. The Labute approximate surface area is 273 Å². The molecule has 0 amide bonds. The third-order valence-electron chi connectivity index (χ3n) is 6.37. The molecule has 0 spiro atoms. The van der Waals surface area contributed by atoms with Gasteiger partial charge in [0.1, 0.15) is 0 Å². The van der Waals surface area contributed by atoms with Crippen LogP contribution in [-0.4, -0.2) is 48.9 Å². The first-order chi connectivity index (χ1) is 18.9. The van der Waals surface area contributed by atoms with Gasteiger partial charge in [-0.25, -0.2) is 0 Å². The zero-order valence-corrected chi connectivity index (χ0v) is 26.5. The summed E-state index contributed by atoms with van der Waals surface area (Å²) in [6, 6.07) is 63.3. The summed E-state index contributed by atoms with van der Waals surface area (Å²) in [5.74, 6) is 2.56. The summed E-state index contributed by atoms with van der Waals surface area (Å²) in [5, 5.41) is 0. The molecule has 0 bridgehead atoms. The van der Waals surface area contributed by atoms with Crippen LogP contribution in [0.2, 0.25) is 0 Å². The fourth-order valence-electron chi connectivity index (χ4n) is 4.63. The van der Waals surface area contributed by atoms with Gasteiger partial charge in [-0.15, -0.1) is 0 Å². The van der Waals surface area contributed by atoms with Crippen LogP contribution in [0.25, 0.3) is 0 Å². The molecule has 0 nitrogen and oxygen atoms in total. The second kappa shape index (κ2) is 15.3. The SMILES string of the molecule is [Ba+2].c1ccc([C-](c2ccccc2)c2ccccc2)cc1.c1ccc([C-](c2ccccc2)c2ccccc2)cc1. The van der Waals surface area contributed by atoms with Gasteiger partial charge < -0.3 is 0 Å². The van der Waals surface area contributed by atoms with Gasteiger partial charge in [0.2, 0.25) is 0 Å². The quantitative estimate of drug-likeness (QED) is 0.0987. The van der Waals surface area contributed by atoms with Gasteiger partial charge in [0.05, 0.1) is 0 Å². The van der Waals surface area contributed by atoms with E-state index in [-0.39, 0.29) is 48.9 Å². The summed E-state index contributed by atoms with van der Waals surface area (Å²) in [6.45, 7) is 0. The van der Waals surface area contributed by atoms with Crippen molar-refractivity contribution in [1.29, 1.82) is 0 Å². The van der Waals surface area contributed by atoms with Gasteiger partial charge >= 0.3 is 48.9 Å². The molecular weight excluding hydrogens is 594 g/mol. The van der Waals surface area contributed by atoms with E-state index in [0.717, 1.165) is 0 Å². The summed E-state index contributed by atoms with van der Waals surface area (Å²) in [7, 11) is 0. The minimum absolute atomic E-state index is 0. The summed E-state index contributed by atoms with van der Waals surface area (Å²) >= 11 is 0. The predicted molar refractivity (Wildman–Crippen MR) is 166 cm³/mol. The van der Waals surface area contributed by atoms with Crippen molar-refractivity contribution in [2.75, 3.05) is 0 Å². The topological polar surface area (TPSA) is 0 Å². The number of hydrogen-bond donors (Lipinski definition) is 0. The molecule has 0 radical (unpaired) electrons. The third-order valence-corrected chi connectivity index (χ3v) is 6.37. The Balaban J connectivity index is 0.000000176. The van der Waals surface area contributed by atoms with Crippen LogP contribution in [0, 0.1) is 11.8 Å². The van der Waals surface area contributed by atoms with Crippen LogP contribution in [0.4, 0.5) is 0 Å². The van der Waals surface area contributed by atoms with E-state index < -0.39 is 0 Å². The van der Waals surface area contributed by atoms with Gasteiger partial charge in [-0.05, 0) is 0 Å². The van der Waals surface area contributed by atoms with Crippen molar-refractivity contribution < 1.29 is 0 Å². The molecule has 6 aromatic carbocycles. The van der Waals surface area contributed by atoms with Crippen LogP contribution in [-0.2, 0) is 0 Å². The van der Waals surface area contributed by atoms with Gasteiger partial charge in [0.25, 0.3) is 0 Å². The third kappa shape index (κ3) is 7.83. The first kappa shape index (κ1) is 28.6. The molecule has 0 aliphatic heterocycles. The smallest absolute Gasteiger partial charge is 0.0999 e. The van der Waals surface area contributed by atoms with Crippen molar-refractivity contribution in [3.05, 3.63) is 227 Å². The van der Waals surface area contributed by atoms with Crippen LogP contribution >= 0.6 is 0 Å². The van der Waals surface area contributed by atoms with E-state index in [2.05, 4.69) is 182 Å². The van der Waals surface area contributed by atoms with Gasteiger partial charge in [0.15, 0.2) is 0 Å². The summed E-state index contributed by atoms with van der Waals surface area (Å²) in [4.78, 5) is 0. The Kier molecular flexibility index (Phi) is 11.2. The molecule has 0 fully saturated rings. The van der Waals surface area contributed by atoms with Crippen molar-refractivity contribution in [1.82, 2.24) is 0 Å². The molecular formula is C38H30Ba. The number of hydrogen-bond acceptors (Lipinski definition) is 0. The Morgan fingerprint density at radius 2 is 0.333 bits per heavy atom. The molecule has 0 aliphatic rings. The predicted octanol–water partition coefficient (Wildman–Crippen LogP) is 9.03. The van der Waals surface area contributed by atoms with E-state index in [4.69, 9.17) is 0 Å². The minimum Gasteiger partial charge on any atom is -0.0999 e. The maximum absolute atomic E-state index is 2.16. The minimum atomic E-state index is 0. The van der Waals surface area contributed by atoms with E-state index in [0.29, 0.717) is 0 Å². The molecule has 39 heavy (non-hydrogen) atoms. The maximum atomic E-state index is 2.16. The first-order valence-electron chi connectivity index (χ1n) is 13.0. The fourth-order valence-corrected chi connectivity index (χ4v) is 4.63. The average Bonchev–Trinajstić information content (AvgIpc) is 3.01. The molecule has 1 heteroatoms. The second-order valence-corrected chi connectivity index (χ2v) is 8.95. The van der Waals surface area contributed by atoms with Crippen molar-refractivity contribution in [3.63, 3.8) is 0 Å². The summed E-state index contributed by atoms with van der Waals surface area (Å²) < 4.78 is 0. The van der Waals surface area contributed by atoms with Crippen LogP contribution < -0.4 is 0 Å². The standard InChI is InChI=1S/2C19H15.Ba/c2*1-4-10-16(11-5-1)19(17-12-6-2-7-13-17)18-14-8-3-9-15-18;/h2*1-15H;/q2*-1;+2. The van der Waals surface area contributed by atoms with Gasteiger partial charge in [-0.2, -0.15) is 0 Å². The molecule has 0 saturated heterocycles. The van der Waals surface area contributed by atoms with Crippen LogP contribution in [0.1, 0.15) is 33.4 Å². The molecule has 0 heterocycles. The molecule has 6 aromatic rings. The molecule has 0 N–H and O–H groups in total. The monoisotopic (exact) mass is 624 g/mol. The van der Waals surface area contributed by atoms with E-state index in [9.17, 15) is 0 Å².